The van der Waals surface area contributed by atoms with Gasteiger partial charge in [0, 0.05) is 11.1 Å². The minimum Gasteiger partial charge on any atom is -0.744 e. The molecule has 0 aliphatic carbocycles. The van der Waals surface area contributed by atoms with E-state index in [1.165, 1.54) is 0 Å². The van der Waals surface area contributed by atoms with E-state index < -0.39 is 35.8 Å². The zero-order chi connectivity index (χ0) is 15.3. The van der Waals surface area contributed by atoms with Crippen molar-refractivity contribution in [2.75, 3.05) is 5.73 Å². The van der Waals surface area contributed by atoms with E-state index in [1.807, 2.05) is 0 Å². The van der Waals surface area contributed by atoms with Gasteiger partial charge in [0.2, 0.25) is 0 Å². The summed E-state index contributed by atoms with van der Waals surface area (Å²) in [7, 11) is -9.67. The molecule has 2 rings (SSSR count). The number of fused-ring (bicyclic) bond motifs is 1. The van der Waals surface area contributed by atoms with Crippen molar-refractivity contribution in [2.24, 2.45) is 0 Å². The Bertz CT molecular complexity index is 855. The largest absolute Gasteiger partial charge is 1.00 e. The summed E-state index contributed by atoms with van der Waals surface area (Å²) in [6.45, 7) is 0. The predicted octanol–water partition coefficient (Wildman–Crippen LogP) is -2.95. The number of nitrogen functional groups attached to an aromatic ring is 1. The van der Waals surface area contributed by atoms with Crippen molar-refractivity contribution in [3.63, 3.8) is 0 Å². The van der Waals surface area contributed by atoms with E-state index in [1.54, 1.807) is 0 Å². The molecule has 0 heterocycles. The van der Waals surface area contributed by atoms with Crippen LogP contribution in [0.2, 0.25) is 0 Å². The summed E-state index contributed by atoms with van der Waals surface area (Å²) in [4.78, 5) is -1.45. The van der Waals surface area contributed by atoms with E-state index in [0.717, 1.165) is 18.2 Å². The Morgan fingerprint density at radius 2 is 1.38 bits per heavy atom. The van der Waals surface area contributed by atoms with Crippen molar-refractivity contribution < 1.29 is 62.0 Å². The standard InChI is InChI=1S/C10H9NO7S2.Na/c11-8-3-6(19(13,14)15)1-5-2-7(20(16,17)18)4-9(12)10(5)8;/h1-4,12H,11H2,(H,13,14,15)(H,16,17,18);/q;+1/p-1. The van der Waals surface area contributed by atoms with Crippen molar-refractivity contribution in [1.29, 1.82) is 0 Å². The first-order chi connectivity index (χ1) is 9.00. The van der Waals surface area contributed by atoms with E-state index in [-0.39, 0.29) is 47.4 Å². The van der Waals surface area contributed by atoms with Crippen LogP contribution in [0.5, 0.6) is 5.75 Å². The van der Waals surface area contributed by atoms with Gasteiger partial charge in [0.1, 0.15) is 26.0 Å². The minimum atomic E-state index is -4.86. The van der Waals surface area contributed by atoms with Gasteiger partial charge < -0.3 is 19.9 Å². The molecule has 21 heavy (non-hydrogen) atoms. The first kappa shape index (κ1) is 18.2. The Labute approximate surface area is 143 Å². The third-order valence-electron chi connectivity index (χ3n) is 2.58. The molecule has 0 saturated heterocycles. The number of hydrogen-bond acceptors (Lipinski definition) is 8. The Balaban J connectivity index is 0.00000220. The fourth-order valence-electron chi connectivity index (χ4n) is 1.76. The molecular weight excluding hydrogens is 333 g/mol. The van der Waals surface area contributed by atoms with Gasteiger partial charge in [0.05, 0.1) is 9.79 Å². The summed E-state index contributed by atoms with van der Waals surface area (Å²) in [5.41, 5.74) is 5.29. The van der Waals surface area contributed by atoms with Crippen LogP contribution in [0.25, 0.3) is 10.8 Å². The van der Waals surface area contributed by atoms with Gasteiger partial charge in [0.15, 0.2) is 0 Å². The summed E-state index contributed by atoms with van der Waals surface area (Å²) in [6.07, 6.45) is 0. The third kappa shape index (κ3) is 3.66. The minimum absolute atomic E-state index is 0. The zero-order valence-electron chi connectivity index (χ0n) is 11.6. The molecule has 2 aromatic rings. The number of phenolic OH excluding ortho intramolecular Hbond substituents is 1. The second-order valence-electron chi connectivity index (χ2n) is 3.96. The number of phenols is 1. The molecule has 0 unspecified atom stereocenters. The molecule has 0 fully saturated rings. The van der Waals surface area contributed by atoms with Crippen molar-refractivity contribution in [2.45, 2.75) is 9.79 Å². The third-order valence-corrected chi connectivity index (χ3v) is 4.21. The molecule has 3 N–H and O–H groups in total. The Hall–Kier alpha value is -0.880. The number of anilines is 1. The van der Waals surface area contributed by atoms with Crippen LogP contribution < -0.4 is 35.3 Å². The van der Waals surface area contributed by atoms with Crippen LogP contribution in [0.15, 0.2) is 34.1 Å². The SMILES string of the molecule is Nc1cc(S(=O)(=O)[O-])cc2cc(S(=O)(=O)[O-])cc(O)c12.[H+].[Na+]. The Morgan fingerprint density at radius 3 is 1.81 bits per heavy atom. The molecule has 0 spiro atoms. The molecular formula is C10H8NNaO7S2. The zero-order valence-corrected chi connectivity index (χ0v) is 14.2. The van der Waals surface area contributed by atoms with Crippen molar-refractivity contribution in [1.82, 2.24) is 0 Å². The molecule has 108 valence electrons. The molecule has 11 heteroatoms. The van der Waals surface area contributed by atoms with Crippen LogP contribution >= 0.6 is 0 Å². The van der Waals surface area contributed by atoms with E-state index in [2.05, 4.69) is 0 Å². The quantitative estimate of drug-likeness (QED) is 0.333. The maximum Gasteiger partial charge on any atom is 1.00 e. The molecule has 0 bridgehead atoms. The monoisotopic (exact) mass is 341 g/mol. The summed E-state index contributed by atoms with van der Waals surface area (Å²) < 4.78 is 65.6. The molecule has 0 radical (unpaired) electrons. The van der Waals surface area contributed by atoms with E-state index in [4.69, 9.17) is 5.73 Å². The first-order valence-corrected chi connectivity index (χ1v) is 7.80. The van der Waals surface area contributed by atoms with Crippen LogP contribution in [0.1, 0.15) is 1.43 Å². The van der Waals surface area contributed by atoms with Gasteiger partial charge in [-0.3, -0.25) is 0 Å². The summed E-state index contributed by atoms with van der Waals surface area (Å²) in [5, 5.41) is 9.48. The van der Waals surface area contributed by atoms with Gasteiger partial charge in [-0.05, 0) is 29.7 Å². The van der Waals surface area contributed by atoms with E-state index in [9.17, 15) is 31.0 Å². The maximum atomic E-state index is 10.9. The number of aromatic hydroxyl groups is 1. The fourth-order valence-corrected chi connectivity index (χ4v) is 2.83. The smallest absolute Gasteiger partial charge is 0.744 e. The van der Waals surface area contributed by atoms with Crippen LogP contribution in [0, 0.1) is 0 Å². The predicted molar refractivity (Wildman–Crippen MR) is 67.1 cm³/mol. The van der Waals surface area contributed by atoms with Crippen molar-refractivity contribution in [3.8, 4) is 5.75 Å². The maximum absolute atomic E-state index is 10.9. The summed E-state index contributed by atoms with van der Waals surface area (Å²) >= 11 is 0. The molecule has 0 aromatic heterocycles. The van der Waals surface area contributed by atoms with Gasteiger partial charge in [-0.2, -0.15) is 0 Å². The Morgan fingerprint density at radius 1 is 0.952 bits per heavy atom. The van der Waals surface area contributed by atoms with Gasteiger partial charge in [0.25, 0.3) is 0 Å². The molecule has 0 aliphatic rings. The average Bonchev–Trinajstić information content (AvgIpc) is 2.25. The average molecular weight is 341 g/mol. The number of benzene rings is 2. The second kappa shape index (κ2) is 5.72. The number of hydrogen-bond donors (Lipinski definition) is 2. The molecule has 2 aromatic carbocycles. The molecule has 0 aliphatic heterocycles. The van der Waals surface area contributed by atoms with Crippen LogP contribution in [-0.2, 0) is 20.2 Å². The molecule has 0 atom stereocenters. The normalized spacial score (nSPS) is 12.1. The second-order valence-corrected chi connectivity index (χ2v) is 6.72. The van der Waals surface area contributed by atoms with Crippen LogP contribution in [-0.4, -0.2) is 31.0 Å². The topological polar surface area (TPSA) is 161 Å². The first-order valence-electron chi connectivity index (χ1n) is 4.98. The van der Waals surface area contributed by atoms with Crippen molar-refractivity contribution in [3.05, 3.63) is 24.3 Å². The molecule has 0 amide bonds. The van der Waals surface area contributed by atoms with Crippen molar-refractivity contribution >= 4 is 36.7 Å². The van der Waals surface area contributed by atoms with E-state index in [0.29, 0.717) is 6.07 Å². The number of nitrogens with two attached hydrogens (primary N) is 1. The van der Waals surface area contributed by atoms with Gasteiger partial charge in [-0.25, -0.2) is 16.8 Å². The van der Waals surface area contributed by atoms with Gasteiger partial charge >= 0.3 is 31.0 Å². The molecule has 0 saturated carbocycles. The summed E-state index contributed by atoms with van der Waals surface area (Å²) in [6, 6.07) is 3.22. The summed E-state index contributed by atoms with van der Waals surface area (Å²) in [5.74, 6) is -0.607. The fraction of sp³-hybridized carbons (Fsp3) is 0. The molecule has 8 nitrogen and oxygen atoms in total. The van der Waals surface area contributed by atoms with E-state index >= 15 is 0 Å². The van der Waals surface area contributed by atoms with Crippen LogP contribution in [0.4, 0.5) is 5.69 Å². The Kier molecular flexibility index (Phi) is 4.95. The van der Waals surface area contributed by atoms with Gasteiger partial charge in [-0.1, -0.05) is 0 Å². The van der Waals surface area contributed by atoms with Gasteiger partial charge in [-0.15, -0.1) is 0 Å². The van der Waals surface area contributed by atoms with Crippen LogP contribution in [0.3, 0.4) is 0 Å². The number of rotatable bonds is 2.